The Labute approximate surface area is 189 Å². The summed E-state index contributed by atoms with van der Waals surface area (Å²) in [5.41, 5.74) is -0.796. The summed E-state index contributed by atoms with van der Waals surface area (Å²) in [6, 6.07) is 7.19. The van der Waals surface area contributed by atoms with E-state index in [0.29, 0.717) is 11.1 Å². The highest BCUT2D eigenvalue weighted by atomic mass is 32.1. The van der Waals surface area contributed by atoms with Crippen molar-refractivity contribution in [2.24, 2.45) is 0 Å². The summed E-state index contributed by atoms with van der Waals surface area (Å²) in [4.78, 5) is 46.4. The van der Waals surface area contributed by atoms with E-state index in [1.807, 2.05) is 0 Å². The van der Waals surface area contributed by atoms with Crippen LogP contribution in [0.2, 0.25) is 0 Å². The summed E-state index contributed by atoms with van der Waals surface area (Å²) >= 11 is 0.982. The van der Waals surface area contributed by atoms with Crippen LogP contribution in [0.15, 0.2) is 41.8 Å². The second kappa shape index (κ2) is 9.53. The average Bonchev–Trinajstić information content (AvgIpc) is 3.17. The molecule has 10 nitrogen and oxygen atoms in total. The van der Waals surface area contributed by atoms with Crippen molar-refractivity contribution in [3.8, 4) is 11.1 Å². The number of carbonyl (C=O) groups excluding carboxylic acids is 2. The summed E-state index contributed by atoms with van der Waals surface area (Å²) in [5.74, 6) is -2.10. The van der Waals surface area contributed by atoms with Gasteiger partial charge in [-0.25, -0.2) is 9.18 Å². The molecule has 0 saturated heterocycles. The fourth-order valence-corrected chi connectivity index (χ4v) is 4.02. The minimum Gasteiger partial charge on any atom is -0.462 e. The van der Waals surface area contributed by atoms with Crippen molar-refractivity contribution < 1.29 is 28.6 Å². The van der Waals surface area contributed by atoms with E-state index in [4.69, 9.17) is 4.74 Å². The van der Waals surface area contributed by atoms with Gasteiger partial charge in [0.15, 0.2) is 0 Å². The monoisotopic (exact) mass is 473 g/mol. The molecule has 3 rings (SSSR count). The van der Waals surface area contributed by atoms with Crippen molar-refractivity contribution in [3.63, 3.8) is 0 Å². The molecule has 0 aliphatic rings. The standard InChI is InChI=1S/C21H16FN3O7S/c1-3-32-21(27)18-15(12-4-6-14(22)7-5-12)10-33-20(18)23-19(26)13-8-16(24(28)29)11(2)17(9-13)25(30)31/h4-10H,3H2,1-2H3,(H,23,26). The number of anilines is 1. The summed E-state index contributed by atoms with van der Waals surface area (Å²) < 4.78 is 18.4. The SMILES string of the molecule is CCOC(=O)c1c(-c2ccc(F)cc2)csc1NC(=O)c1cc([N+](=O)[O-])c(C)c([N+](=O)[O-])c1. The smallest absolute Gasteiger partial charge is 0.341 e. The zero-order chi connectivity index (χ0) is 24.3. The molecule has 0 aliphatic heterocycles. The van der Waals surface area contributed by atoms with Crippen LogP contribution in [-0.4, -0.2) is 28.3 Å². The molecule has 0 saturated carbocycles. The molecule has 1 amide bonds. The lowest BCUT2D eigenvalue weighted by Crippen LogP contribution is -2.15. The van der Waals surface area contributed by atoms with Gasteiger partial charge in [0, 0.05) is 23.1 Å². The van der Waals surface area contributed by atoms with Crippen LogP contribution in [-0.2, 0) is 4.74 Å². The van der Waals surface area contributed by atoms with Crippen molar-refractivity contribution in [2.45, 2.75) is 13.8 Å². The maximum atomic E-state index is 13.3. The molecule has 0 atom stereocenters. The number of rotatable bonds is 7. The molecule has 0 radical (unpaired) electrons. The number of hydrogen-bond donors (Lipinski definition) is 1. The number of thiophene rings is 1. The predicted octanol–water partition coefficient (Wildman–Crippen LogP) is 5.11. The Balaban J connectivity index is 2.05. The normalized spacial score (nSPS) is 10.5. The molecule has 0 fully saturated rings. The first-order valence-electron chi connectivity index (χ1n) is 9.43. The number of nitro groups is 2. The van der Waals surface area contributed by atoms with Gasteiger partial charge < -0.3 is 10.1 Å². The highest BCUT2D eigenvalue weighted by molar-refractivity contribution is 7.15. The van der Waals surface area contributed by atoms with E-state index < -0.39 is 38.9 Å². The predicted molar refractivity (Wildman–Crippen MR) is 118 cm³/mol. The molecular formula is C21H16FN3O7S. The first kappa shape index (κ1) is 23.5. The van der Waals surface area contributed by atoms with Crippen LogP contribution < -0.4 is 5.32 Å². The Hall–Kier alpha value is -4.19. The van der Waals surface area contributed by atoms with Crippen LogP contribution >= 0.6 is 11.3 Å². The number of nitrogens with one attached hydrogen (secondary N) is 1. The van der Waals surface area contributed by atoms with Crippen molar-refractivity contribution in [1.82, 2.24) is 0 Å². The minimum absolute atomic E-state index is 0.0120. The van der Waals surface area contributed by atoms with E-state index in [0.717, 1.165) is 23.5 Å². The number of hydrogen-bond acceptors (Lipinski definition) is 8. The second-order valence-corrected chi connectivity index (χ2v) is 7.57. The number of carbonyl (C=O) groups is 2. The number of esters is 1. The van der Waals surface area contributed by atoms with Crippen molar-refractivity contribution >= 4 is 39.6 Å². The molecule has 1 N–H and O–H groups in total. The number of halogens is 1. The van der Waals surface area contributed by atoms with Gasteiger partial charge in [0.05, 0.1) is 22.0 Å². The van der Waals surface area contributed by atoms with Crippen molar-refractivity contribution in [3.05, 3.63) is 84.5 Å². The molecule has 12 heteroatoms. The molecule has 0 aliphatic carbocycles. The molecular weight excluding hydrogens is 457 g/mol. The van der Waals surface area contributed by atoms with Crippen molar-refractivity contribution in [1.29, 1.82) is 0 Å². The fourth-order valence-electron chi connectivity index (χ4n) is 3.07. The number of benzene rings is 2. The lowest BCUT2D eigenvalue weighted by atomic mass is 10.0. The minimum atomic E-state index is -0.890. The zero-order valence-corrected chi connectivity index (χ0v) is 18.1. The lowest BCUT2D eigenvalue weighted by molar-refractivity contribution is -0.395. The number of nitrogens with zero attached hydrogens (tertiary/aromatic N) is 2. The third-order valence-corrected chi connectivity index (χ3v) is 5.56. The Morgan fingerprint density at radius 3 is 2.18 bits per heavy atom. The largest absolute Gasteiger partial charge is 0.462 e. The summed E-state index contributed by atoms with van der Waals surface area (Å²) in [6.07, 6.45) is 0. The maximum absolute atomic E-state index is 13.3. The van der Waals surface area contributed by atoms with Gasteiger partial charge in [-0.3, -0.25) is 25.0 Å². The topological polar surface area (TPSA) is 142 Å². The molecule has 0 bridgehead atoms. The molecule has 0 unspecified atom stereocenters. The third-order valence-electron chi connectivity index (χ3n) is 4.66. The number of amides is 1. The molecule has 3 aromatic rings. The number of nitro benzene ring substituents is 2. The zero-order valence-electron chi connectivity index (χ0n) is 17.3. The molecule has 2 aromatic carbocycles. The highest BCUT2D eigenvalue weighted by Crippen LogP contribution is 2.37. The van der Waals surface area contributed by atoms with E-state index in [1.165, 1.54) is 31.2 Å². The maximum Gasteiger partial charge on any atom is 0.341 e. The van der Waals surface area contributed by atoms with Gasteiger partial charge in [0.2, 0.25) is 0 Å². The first-order valence-corrected chi connectivity index (χ1v) is 10.3. The Morgan fingerprint density at radius 2 is 1.67 bits per heavy atom. The average molecular weight is 473 g/mol. The Bertz CT molecular complexity index is 1240. The summed E-state index contributed by atoms with van der Waals surface area (Å²) in [7, 11) is 0. The second-order valence-electron chi connectivity index (χ2n) is 6.69. The summed E-state index contributed by atoms with van der Waals surface area (Å²) in [5, 5.41) is 26.7. The van der Waals surface area contributed by atoms with E-state index in [-0.39, 0.29) is 28.3 Å². The van der Waals surface area contributed by atoms with Crippen LogP contribution in [0.1, 0.15) is 33.2 Å². The first-order chi connectivity index (χ1) is 15.6. The molecule has 170 valence electrons. The molecule has 33 heavy (non-hydrogen) atoms. The fraction of sp³-hybridized carbons (Fsp3) is 0.143. The van der Waals surface area contributed by atoms with Gasteiger partial charge in [-0.2, -0.15) is 0 Å². The van der Waals surface area contributed by atoms with E-state index in [9.17, 15) is 34.2 Å². The summed E-state index contributed by atoms with van der Waals surface area (Å²) in [6.45, 7) is 2.87. The van der Waals surface area contributed by atoms with Gasteiger partial charge in [-0.15, -0.1) is 11.3 Å². The van der Waals surface area contributed by atoms with E-state index in [2.05, 4.69) is 5.32 Å². The van der Waals surface area contributed by atoms with Crippen LogP contribution in [0.3, 0.4) is 0 Å². The van der Waals surface area contributed by atoms with Crippen LogP contribution in [0.4, 0.5) is 20.8 Å². The van der Waals surface area contributed by atoms with Crippen LogP contribution in [0, 0.1) is 33.0 Å². The Morgan fingerprint density at radius 1 is 1.09 bits per heavy atom. The quantitative estimate of drug-likeness (QED) is 0.285. The van der Waals surface area contributed by atoms with Crippen LogP contribution in [0.25, 0.3) is 11.1 Å². The van der Waals surface area contributed by atoms with Gasteiger partial charge in [-0.1, -0.05) is 12.1 Å². The van der Waals surface area contributed by atoms with Gasteiger partial charge >= 0.3 is 5.97 Å². The molecule has 1 heterocycles. The Kier molecular flexibility index (Phi) is 6.78. The van der Waals surface area contributed by atoms with E-state index >= 15 is 0 Å². The van der Waals surface area contributed by atoms with Crippen LogP contribution in [0.5, 0.6) is 0 Å². The van der Waals surface area contributed by atoms with Gasteiger partial charge in [-0.05, 0) is 31.5 Å². The number of ether oxygens (including phenoxy) is 1. The molecule has 1 aromatic heterocycles. The van der Waals surface area contributed by atoms with Gasteiger partial charge in [0.25, 0.3) is 17.3 Å². The highest BCUT2D eigenvalue weighted by Gasteiger charge is 2.27. The van der Waals surface area contributed by atoms with E-state index in [1.54, 1.807) is 12.3 Å². The third kappa shape index (κ3) is 4.85. The van der Waals surface area contributed by atoms with Gasteiger partial charge in [0.1, 0.15) is 21.9 Å². The lowest BCUT2D eigenvalue weighted by Gasteiger charge is -2.09. The van der Waals surface area contributed by atoms with Crippen molar-refractivity contribution in [2.75, 3.05) is 11.9 Å². The molecule has 0 spiro atoms.